The van der Waals surface area contributed by atoms with E-state index in [1.165, 1.54) is 6.26 Å². The maximum Gasteiger partial charge on any atom is 0.277 e. The van der Waals surface area contributed by atoms with Gasteiger partial charge in [-0.05, 0) is 24.3 Å². The molecule has 2 aromatic carbocycles. The number of rotatable bonds is 3. The summed E-state index contributed by atoms with van der Waals surface area (Å²) in [6.07, 6.45) is 1.18. The van der Waals surface area contributed by atoms with E-state index < -0.39 is 17.5 Å². The largest absolute Gasteiger partial charge is 0.444 e. The first kappa shape index (κ1) is 16.6. The Balaban J connectivity index is 0.00000192. The number of carbonyl (C=O) groups is 1. The van der Waals surface area contributed by atoms with Gasteiger partial charge >= 0.3 is 0 Å². The standard InChI is InChI=1S/C16H10F2N2O2.ClH/c17-11-6-7-13(12(18)8-11)19-15(21)14-9-22-16(20-14)10-4-2-1-3-5-10;/h1-9H,(H,19,21);1H. The lowest BCUT2D eigenvalue weighted by Gasteiger charge is -2.03. The fourth-order valence-corrected chi connectivity index (χ4v) is 1.87. The van der Waals surface area contributed by atoms with Gasteiger partial charge in [0, 0.05) is 11.6 Å². The summed E-state index contributed by atoms with van der Waals surface area (Å²) in [5.41, 5.74) is 0.591. The molecule has 23 heavy (non-hydrogen) atoms. The summed E-state index contributed by atoms with van der Waals surface area (Å²) in [5.74, 6) is -1.94. The number of benzene rings is 2. The first-order valence-electron chi connectivity index (χ1n) is 6.41. The van der Waals surface area contributed by atoms with Crippen molar-refractivity contribution in [1.82, 2.24) is 4.98 Å². The van der Waals surface area contributed by atoms with E-state index in [1.54, 1.807) is 12.1 Å². The van der Waals surface area contributed by atoms with Crippen LogP contribution in [0.2, 0.25) is 0 Å². The molecule has 0 aliphatic rings. The summed E-state index contributed by atoms with van der Waals surface area (Å²) in [5, 5.41) is 2.32. The molecule has 4 nitrogen and oxygen atoms in total. The Kier molecular flexibility index (Phi) is 5.08. The van der Waals surface area contributed by atoms with Crippen molar-refractivity contribution in [3.05, 3.63) is 72.1 Å². The molecule has 118 valence electrons. The van der Waals surface area contributed by atoms with Crippen LogP contribution in [-0.4, -0.2) is 10.9 Å². The number of amides is 1. The highest BCUT2D eigenvalue weighted by Crippen LogP contribution is 2.20. The molecule has 3 rings (SSSR count). The number of nitrogens with zero attached hydrogens (tertiary/aromatic N) is 1. The van der Waals surface area contributed by atoms with E-state index in [4.69, 9.17) is 4.42 Å². The molecular weight excluding hydrogens is 326 g/mol. The molecule has 7 heteroatoms. The minimum Gasteiger partial charge on any atom is -0.444 e. The zero-order valence-corrected chi connectivity index (χ0v) is 12.4. The molecule has 0 atom stereocenters. The predicted octanol–water partition coefficient (Wildman–Crippen LogP) is 4.29. The third-order valence-corrected chi connectivity index (χ3v) is 2.94. The number of halogens is 3. The average Bonchev–Trinajstić information content (AvgIpc) is 3.01. The van der Waals surface area contributed by atoms with Gasteiger partial charge in [-0.25, -0.2) is 13.8 Å². The summed E-state index contributed by atoms with van der Waals surface area (Å²) in [4.78, 5) is 16.1. The van der Waals surface area contributed by atoms with Gasteiger partial charge in [-0.2, -0.15) is 0 Å². The molecular formula is C16H11ClF2N2O2. The van der Waals surface area contributed by atoms with Crippen molar-refractivity contribution in [1.29, 1.82) is 0 Å². The molecule has 0 bridgehead atoms. The van der Waals surface area contributed by atoms with E-state index in [1.807, 2.05) is 18.2 Å². The van der Waals surface area contributed by atoms with Gasteiger partial charge in [0.25, 0.3) is 5.91 Å². The summed E-state index contributed by atoms with van der Waals surface area (Å²) >= 11 is 0. The maximum absolute atomic E-state index is 13.5. The molecule has 0 aliphatic carbocycles. The molecule has 1 amide bonds. The van der Waals surface area contributed by atoms with Crippen LogP contribution in [0.5, 0.6) is 0 Å². The Bertz CT molecular complexity index is 822. The molecule has 1 heterocycles. The zero-order valence-electron chi connectivity index (χ0n) is 11.6. The van der Waals surface area contributed by atoms with Crippen molar-refractivity contribution in [2.45, 2.75) is 0 Å². The third-order valence-electron chi connectivity index (χ3n) is 2.94. The van der Waals surface area contributed by atoms with E-state index in [2.05, 4.69) is 10.3 Å². The maximum atomic E-state index is 13.5. The fourth-order valence-electron chi connectivity index (χ4n) is 1.87. The minimum absolute atomic E-state index is 0. The fraction of sp³-hybridized carbons (Fsp3) is 0. The van der Waals surface area contributed by atoms with Gasteiger partial charge in [0.05, 0.1) is 5.69 Å². The number of hydrogen-bond donors (Lipinski definition) is 1. The number of nitrogens with one attached hydrogen (secondary N) is 1. The molecule has 0 radical (unpaired) electrons. The van der Waals surface area contributed by atoms with Gasteiger partial charge in [-0.15, -0.1) is 12.4 Å². The lowest BCUT2D eigenvalue weighted by molar-refractivity contribution is 0.102. The van der Waals surface area contributed by atoms with Gasteiger partial charge in [0.2, 0.25) is 5.89 Å². The highest BCUT2D eigenvalue weighted by atomic mass is 35.5. The number of oxazole rings is 1. The topological polar surface area (TPSA) is 55.1 Å². The van der Waals surface area contributed by atoms with Crippen molar-refractivity contribution >= 4 is 24.0 Å². The Labute approximate surface area is 136 Å². The van der Waals surface area contributed by atoms with Gasteiger partial charge in [-0.3, -0.25) is 4.79 Å². The molecule has 1 N–H and O–H groups in total. The average molecular weight is 337 g/mol. The monoisotopic (exact) mass is 336 g/mol. The van der Waals surface area contributed by atoms with E-state index in [-0.39, 0.29) is 29.7 Å². The van der Waals surface area contributed by atoms with Crippen molar-refractivity contribution in [2.24, 2.45) is 0 Å². The predicted molar refractivity (Wildman–Crippen MR) is 83.5 cm³/mol. The molecule has 3 aromatic rings. The van der Waals surface area contributed by atoms with Gasteiger partial charge in [0.1, 0.15) is 17.9 Å². The Hall–Kier alpha value is -2.73. The van der Waals surface area contributed by atoms with Crippen LogP contribution in [0.25, 0.3) is 11.5 Å². The van der Waals surface area contributed by atoms with Crippen molar-refractivity contribution in [3.8, 4) is 11.5 Å². The highest BCUT2D eigenvalue weighted by molar-refractivity contribution is 6.02. The molecule has 0 fully saturated rings. The first-order chi connectivity index (χ1) is 10.6. The third kappa shape index (κ3) is 3.73. The van der Waals surface area contributed by atoms with Crippen LogP contribution in [0.1, 0.15) is 10.5 Å². The van der Waals surface area contributed by atoms with Crippen LogP contribution in [0.3, 0.4) is 0 Å². The van der Waals surface area contributed by atoms with Gasteiger partial charge < -0.3 is 9.73 Å². The van der Waals surface area contributed by atoms with E-state index in [0.717, 1.165) is 17.7 Å². The lowest BCUT2D eigenvalue weighted by atomic mass is 10.2. The second-order valence-corrected chi connectivity index (χ2v) is 4.48. The second kappa shape index (κ2) is 7.02. The molecule has 1 aromatic heterocycles. The van der Waals surface area contributed by atoms with Crippen LogP contribution >= 0.6 is 12.4 Å². The Morgan fingerprint density at radius 2 is 1.83 bits per heavy atom. The van der Waals surface area contributed by atoms with Crippen molar-refractivity contribution in [2.75, 3.05) is 5.32 Å². The van der Waals surface area contributed by atoms with Crippen LogP contribution < -0.4 is 5.32 Å². The van der Waals surface area contributed by atoms with E-state index >= 15 is 0 Å². The first-order valence-corrected chi connectivity index (χ1v) is 6.41. The van der Waals surface area contributed by atoms with Crippen molar-refractivity contribution in [3.63, 3.8) is 0 Å². The molecule has 0 aliphatic heterocycles. The quantitative estimate of drug-likeness (QED) is 0.776. The second-order valence-electron chi connectivity index (χ2n) is 4.48. The van der Waals surface area contributed by atoms with E-state index in [9.17, 15) is 13.6 Å². The van der Waals surface area contributed by atoms with Gasteiger partial charge in [0.15, 0.2) is 5.69 Å². The Morgan fingerprint density at radius 1 is 1.09 bits per heavy atom. The number of aromatic nitrogens is 1. The number of carbonyl (C=O) groups excluding carboxylic acids is 1. The Morgan fingerprint density at radius 3 is 2.52 bits per heavy atom. The molecule has 0 spiro atoms. The lowest BCUT2D eigenvalue weighted by Crippen LogP contribution is -2.13. The SMILES string of the molecule is Cl.O=C(Nc1ccc(F)cc1F)c1coc(-c2ccccc2)n1. The minimum atomic E-state index is -0.861. The van der Waals surface area contributed by atoms with Gasteiger partial charge in [-0.1, -0.05) is 18.2 Å². The van der Waals surface area contributed by atoms with Crippen LogP contribution in [0.4, 0.5) is 14.5 Å². The zero-order chi connectivity index (χ0) is 15.5. The van der Waals surface area contributed by atoms with Crippen molar-refractivity contribution < 1.29 is 18.0 Å². The van der Waals surface area contributed by atoms with Crippen LogP contribution in [0, 0.1) is 11.6 Å². The number of hydrogen-bond acceptors (Lipinski definition) is 3. The highest BCUT2D eigenvalue weighted by Gasteiger charge is 2.15. The van der Waals surface area contributed by atoms with Crippen LogP contribution in [0.15, 0.2) is 59.2 Å². The molecule has 0 unspecified atom stereocenters. The number of anilines is 1. The summed E-state index contributed by atoms with van der Waals surface area (Å²) in [6, 6.07) is 11.9. The molecule has 0 saturated carbocycles. The smallest absolute Gasteiger partial charge is 0.277 e. The summed E-state index contributed by atoms with van der Waals surface area (Å²) in [6.45, 7) is 0. The molecule has 0 saturated heterocycles. The van der Waals surface area contributed by atoms with Crippen LogP contribution in [-0.2, 0) is 0 Å². The summed E-state index contributed by atoms with van der Waals surface area (Å²) < 4.78 is 31.6. The summed E-state index contributed by atoms with van der Waals surface area (Å²) in [7, 11) is 0. The van der Waals surface area contributed by atoms with E-state index in [0.29, 0.717) is 6.07 Å². The normalized spacial score (nSPS) is 10.0.